The van der Waals surface area contributed by atoms with Crippen molar-refractivity contribution >= 4 is 17.8 Å². The Hall–Kier alpha value is -2.44. The lowest BCUT2D eigenvalue weighted by Gasteiger charge is -2.31. The highest BCUT2D eigenvalue weighted by molar-refractivity contribution is 5.74. The lowest BCUT2D eigenvalue weighted by atomic mass is 10.1. The number of nitrogens with zero attached hydrogens (tertiary/aromatic N) is 2. The van der Waals surface area contributed by atoms with E-state index in [-0.39, 0.29) is 18.2 Å². The van der Waals surface area contributed by atoms with Gasteiger partial charge in [-0.05, 0) is 43.9 Å². The Labute approximate surface area is 155 Å². The molecule has 3 amide bonds. The number of nitrogens with one attached hydrogen (secondary N) is 2. The van der Waals surface area contributed by atoms with Crippen LogP contribution in [0.1, 0.15) is 25.3 Å². The second kappa shape index (κ2) is 9.89. The molecule has 7 heteroatoms. The normalized spacial score (nSPS) is 14.7. The topological polar surface area (TPSA) is 73.9 Å². The second-order valence-electron chi connectivity index (χ2n) is 6.67. The molecule has 26 heavy (non-hydrogen) atoms. The summed E-state index contributed by atoms with van der Waals surface area (Å²) in [6, 6.07) is 8.27. The van der Waals surface area contributed by atoms with Gasteiger partial charge in [0.25, 0.3) is 0 Å². The molecule has 1 heterocycles. The zero-order valence-corrected chi connectivity index (χ0v) is 16.0. The summed E-state index contributed by atoms with van der Waals surface area (Å²) in [5.41, 5.74) is 2.35. The van der Waals surface area contributed by atoms with Crippen LogP contribution in [0.2, 0.25) is 0 Å². The van der Waals surface area contributed by atoms with Gasteiger partial charge in [-0.3, -0.25) is 0 Å². The Balaban J connectivity index is 1.64. The second-order valence-corrected chi connectivity index (χ2v) is 6.67. The number of benzene rings is 1. The standard InChI is InChI=1S/C19H30N4O3/c1-4-26-19(25)23-13-10-16(11-14-23)21-18(24)20-12-9-15-5-7-17(8-6-15)22(2)3/h5-8,16H,4,9-14H2,1-3H3,(H2,20,21,24). The highest BCUT2D eigenvalue weighted by Gasteiger charge is 2.24. The third-order valence-electron chi connectivity index (χ3n) is 4.51. The van der Waals surface area contributed by atoms with Crippen molar-refractivity contribution in [1.82, 2.24) is 15.5 Å². The fraction of sp³-hybridized carbons (Fsp3) is 0.579. The third kappa shape index (κ3) is 6.13. The number of amides is 3. The van der Waals surface area contributed by atoms with E-state index in [1.54, 1.807) is 11.8 Å². The number of ether oxygens (including phenoxy) is 1. The molecule has 2 N–H and O–H groups in total. The Kier molecular flexibility index (Phi) is 7.56. The SMILES string of the molecule is CCOC(=O)N1CCC(NC(=O)NCCc2ccc(N(C)C)cc2)CC1. The van der Waals surface area contributed by atoms with Crippen LogP contribution in [0.4, 0.5) is 15.3 Å². The molecule has 0 bridgehead atoms. The van der Waals surface area contributed by atoms with Crippen LogP contribution in [0.3, 0.4) is 0 Å². The molecule has 1 fully saturated rings. The summed E-state index contributed by atoms with van der Waals surface area (Å²) in [5.74, 6) is 0. The zero-order chi connectivity index (χ0) is 18.9. The van der Waals surface area contributed by atoms with E-state index >= 15 is 0 Å². The van der Waals surface area contributed by atoms with Crippen molar-refractivity contribution in [3.8, 4) is 0 Å². The first kappa shape index (κ1) is 19.9. The van der Waals surface area contributed by atoms with Gasteiger partial charge in [0, 0.05) is 45.5 Å². The molecule has 7 nitrogen and oxygen atoms in total. The molecule has 1 aliphatic heterocycles. The Morgan fingerprint density at radius 1 is 1.19 bits per heavy atom. The van der Waals surface area contributed by atoms with E-state index in [1.165, 1.54) is 5.56 Å². The largest absolute Gasteiger partial charge is 0.450 e. The Bertz CT molecular complexity index is 581. The first-order valence-electron chi connectivity index (χ1n) is 9.22. The van der Waals surface area contributed by atoms with E-state index in [2.05, 4.69) is 39.8 Å². The molecule has 1 aromatic carbocycles. The molecule has 1 aliphatic rings. The smallest absolute Gasteiger partial charge is 0.409 e. The summed E-state index contributed by atoms with van der Waals surface area (Å²) in [7, 11) is 4.02. The van der Waals surface area contributed by atoms with Crippen LogP contribution in [-0.4, -0.2) is 63.4 Å². The Morgan fingerprint density at radius 2 is 1.85 bits per heavy atom. The Morgan fingerprint density at radius 3 is 2.42 bits per heavy atom. The molecule has 0 atom stereocenters. The van der Waals surface area contributed by atoms with Crippen LogP contribution in [-0.2, 0) is 11.2 Å². The van der Waals surface area contributed by atoms with Crippen molar-refractivity contribution in [3.05, 3.63) is 29.8 Å². The van der Waals surface area contributed by atoms with E-state index in [0.29, 0.717) is 26.2 Å². The summed E-state index contributed by atoms with van der Waals surface area (Å²) >= 11 is 0. The number of hydrogen-bond donors (Lipinski definition) is 2. The number of carbonyl (C=O) groups excluding carboxylic acids is 2. The van der Waals surface area contributed by atoms with E-state index in [1.807, 2.05) is 14.1 Å². The van der Waals surface area contributed by atoms with Crippen molar-refractivity contribution in [2.75, 3.05) is 45.2 Å². The van der Waals surface area contributed by atoms with Crippen LogP contribution < -0.4 is 15.5 Å². The summed E-state index contributed by atoms with van der Waals surface area (Å²) in [5, 5.41) is 5.89. The molecule has 2 rings (SSSR count). The number of likely N-dealkylation sites (tertiary alicyclic amines) is 1. The van der Waals surface area contributed by atoms with Crippen molar-refractivity contribution in [2.24, 2.45) is 0 Å². The molecule has 0 radical (unpaired) electrons. The van der Waals surface area contributed by atoms with Crippen LogP contribution in [0.5, 0.6) is 0 Å². The minimum absolute atomic E-state index is 0.0973. The minimum atomic E-state index is -0.268. The van der Waals surface area contributed by atoms with Gasteiger partial charge in [-0.1, -0.05) is 12.1 Å². The van der Waals surface area contributed by atoms with Crippen LogP contribution in [0.15, 0.2) is 24.3 Å². The van der Waals surface area contributed by atoms with Gasteiger partial charge in [-0.2, -0.15) is 0 Å². The molecule has 0 spiro atoms. The first-order valence-corrected chi connectivity index (χ1v) is 9.22. The molecule has 1 saturated heterocycles. The maximum Gasteiger partial charge on any atom is 0.409 e. The number of piperidine rings is 1. The average molecular weight is 362 g/mol. The van der Waals surface area contributed by atoms with Crippen LogP contribution in [0, 0.1) is 0 Å². The maximum atomic E-state index is 12.0. The highest BCUT2D eigenvalue weighted by atomic mass is 16.6. The molecule has 0 unspecified atom stereocenters. The van der Waals surface area contributed by atoms with Crippen LogP contribution in [0.25, 0.3) is 0 Å². The number of hydrogen-bond acceptors (Lipinski definition) is 4. The van der Waals surface area contributed by atoms with Crippen molar-refractivity contribution < 1.29 is 14.3 Å². The van der Waals surface area contributed by atoms with Crippen LogP contribution >= 0.6 is 0 Å². The highest BCUT2D eigenvalue weighted by Crippen LogP contribution is 2.13. The van der Waals surface area contributed by atoms with Gasteiger partial charge in [0.05, 0.1) is 6.61 Å². The van der Waals surface area contributed by atoms with Crippen molar-refractivity contribution in [1.29, 1.82) is 0 Å². The number of carbonyl (C=O) groups is 2. The van der Waals surface area contributed by atoms with Gasteiger partial charge in [0.2, 0.25) is 0 Å². The minimum Gasteiger partial charge on any atom is -0.450 e. The summed E-state index contributed by atoms with van der Waals surface area (Å²) < 4.78 is 5.00. The third-order valence-corrected chi connectivity index (χ3v) is 4.51. The number of anilines is 1. The fourth-order valence-electron chi connectivity index (χ4n) is 2.94. The van der Waals surface area contributed by atoms with Gasteiger partial charge in [-0.15, -0.1) is 0 Å². The quantitative estimate of drug-likeness (QED) is 0.814. The molecule has 1 aromatic rings. The summed E-state index contributed by atoms with van der Waals surface area (Å²) in [6.45, 7) is 4.00. The molecule has 0 aromatic heterocycles. The lowest BCUT2D eigenvalue weighted by Crippen LogP contribution is -2.49. The van der Waals surface area contributed by atoms with Crippen molar-refractivity contribution in [2.45, 2.75) is 32.2 Å². The predicted octanol–water partition coefficient (Wildman–Crippen LogP) is 2.22. The van der Waals surface area contributed by atoms with Gasteiger partial charge in [0.15, 0.2) is 0 Å². The van der Waals surface area contributed by atoms with E-state index in [0.717, 1.165) is 24.9 Å². The molecule has 0 aliphatic carbocycles. The molecular weight excluding hydrogens is 332 g/mol. The molecule has 0 saturated carbocycles. The van der Waals surface area contributed by atoms with Gasteiger partial charge < -0.3 is 25.2 Å². The first-order chi connectivity index (χ1) is 12.5. The number of urea groups is 1. The van der Waals surface area contributed by atoms with E-state index in [4.69, 9.17) is 4.74 Å². The van der Waals surface area contributed by atoms with Gasteiger partial charge in [-0.25, -0.2) is 9.59 Å². The van der Waals surface area contributed by atoms with E-state index < -0.39 is 0 Å². The molecule has 144 valence electrons. The summed E-state index contributed by atoms with van der Waals surface area (Å²) in [4.78, 5) is 27.4. The zero-order valence-electron chi connectivity index (χ0n) is 16.0. The number of rotatable bonds is 6. The van der Waals surface area contributed by atoms with Crippen molar-refractivity contribution in [3.63, 3.8) is 0 Å². The average Bonchev–Trinajstić information content (AvgIpc) is 2.63. The van der Waals surface area contributed by atoms with Gasteiger partial charge in [0.1, 0.15) is 0 Å². The maximum absolute atomic E-state index is 12.0. The summed E-state index contributed by atoms with van der Waals surface area (Å²) in [6.07, 6.45) is 2.02. The fourth-order valence-corrected chi connectivity index (χ4v) is 2.94. The van der Waals surface area contributed by atoms with Gasteiger partial charge >= 0.3 is 12.1 Å². The van der Waals surface area contributed by atoms with E-state index in [9.17, 15) is 9.59 Å². The molecular formula is C19H30N4O3. The monoisotopic (exact) mass is 362 g/mol. The predicted molar refractivity (Wildman–Crippen MR) is 103 cm³/mol. The lowest BCUT2D eigenvalue weighted by molar-refractivity contribution is 0.0957.